The summed E-state index contributed by atoms with van der Waals surface area (Å²) in [5.74, 6) is -0.896. The third-order valence-corrected chi connectivity index (χ3v) is 4.45. The molecule has 110 valence electrons. The van der Waals surface area contributed by atoms with Crippen LogP contribution in [0.5, 0.6) is 0 Å². The highest BCUT2D eigenvalue weighted by molar-refractivity contribution is 8.00. The fraction of sp³-hybridized carbons (Fsp3) is 0.500. The van der Waals surface area contributed by atoms with E-state index in [1.807, 2.05) is 0 Å². The van der Waals surface area contributed by atoms with Crippen molar-refractivity contribution >= 4 is 17.7 Å². The Labute approximate surface area is 121 Å². The second kappa shape index (κ2) is 6.54. The van der Waals surface area contributed by atoms with Gasteiger partial charge in [0.05, 0.1) is 11.9 Å². The van der Waals surface area contributed by atoms with Crippen molar-refractivity contribution in [1.82, 2.24) is 4.90 Å². The molecule has 0 bridgehead atoms. The molecule has 1 aromatic carbocycles. The lowest BCUT2D eigenvalue weighted by molar-refractivity contribution is -0.128. The van der Waals surface area contributed by atoms with Gasteiger partial charge in [0.25, 0.3) is 0 Å². The molecule has 0 heterocycles. The van der Waals surface area contributed by atoms with Crippen LogP contribution in [-0.2, 0) is 4.79 Å². The average molecular weight is 301 g/mol. The third kappa shape index (κ3) is 3.93. The van der Waals surface area contributed by atoms with Gasteiger partial charge in [0.15, 0.2) is 0 Å². The van der Waals surface area contributed by atoms with E-state index < -0.39 is 11.6 Å². The second-order valence-corrected chi connectivity index (χ2v) is 6.15. The van der Waals surface area contributed by atoms with Crippen LogP contribution in [-0.4, -0.2) is 41.4 Å². The summed E-state index contributed by atoms with van der Waals surface area (Å²) in [6.45, 7) is 0.613. The van der Waals surface area contributed by atoms with Gasteiger partial charge in [-0.3, -0.25) is 4.79 Å². The van der Waals surface area contributed by atoms with Gasteiger partial charge in [0, 0.05) is 24.6 Å². The van der Waals surface area contributed by atoms with Gasteiger partial charge in [0.2, 0.25) is 5.91 Å². The van der Waals surface area contributed by atoms with Crippen molar-refractivity contribution in [2.24, 2.45) is 5.92 Å². The molecule has 1 N–H and O–H groups in total. The highest BCUT2D eigenvalue weighted by Gasteiger charge is 2.29. The molecule has 0 aliphatic heterocycles. The number of hydrogen-bond acceptors (Lipinski definition) is 3. The number of hydrogen-bond donors (Lipinski definition) is 1. The maximum absolute atomic E-state index is 13.4. The zero-order valence-corrected chi connectivity index (χ0v) is 12.0. The predicted octanol–water partition coefficient (Wildman–Crippen LogP) is 2.29. The third-order valence-electron chi connectivity index (χ3n) is 3.41. The van der Waals surface area contributed by atoms with E-state index in [9.17, 15) is 18.7 Å². The second-order valence-electron chi connectivity index (χ2n) is 5.13. The van der Waals surface area contributed by atoms with Crippen LogP contribution in [0.25, 0.3) is 0 Å². The normalized spacial score (nSPS) is 21.4. The molecule has 2 rings (SSSR count). The summed E-state index contributed by atoms with van der Waals surface area (Å²) in [6.07, 6.45) is 1.24. The van der Waals surface area contributed by atoms with E-state index in [0.29, 0.717) is 12.5 Å². The number of carbonyl (C=O) groups excluding carboxylic acids is 1. The van der Waals surface area contributed by atoms with Gasteiger partial charge in [-0.15, -0.1) is 11.8 Å². The molecule has 0 spiro atoms. The van der Waals surface area contributed by atoms with E-state index in [1.54, 1.807) is 11.9 Å². The number of rotatable bonds is 5. The van der Waals surface area contributed by atoms with Crippen LogP contribution < -0.4 is 0 Å². The predicted molar refractivity (Wildman–Crippen MR) is 73.4 cm³/mol. The number of benzene rings is 1. The number of aliphatic hydroxyl groups is 1. The number of carbonyl (C=O) groups is 1. The Morgan fingerprint density at radius 1 is 1.45 bits per heavy atom. The first-order valence-corrected chi connectivity index (χ1v) is 7.44. The van der Waals surface area contributed by atoms with Gasteiger partial charge in [0.1, 0.15) is 11.6 Å². The molecule has 1 aliphatic carbocycles. The highest BCUT2D eigenvalue weighted by Crippen LogP contribution is 2.28. The molecule has 0 unspecified atom stereocenters. The smallest absolute Gasteiger partial charge is 0.232 e. The first-order valence-electron chi connectivity index (χ1n) is 6.45. The van der Waals surface area contributed by atoms with Crippen LogP contribution in [0.2, 0.25) is 0 Å². The maximum atomic E-state index is 13.4. The Kier molecular flexibility index (Phi) is 4.99. The summed E-state index contributed by atoms with van der Waals surface area (Å²) >= 11 is 1.06. The van der Waals surface area contributed by atoms with Gasteiger partial charge in [-0.25, -0.2) is 8.78 Å². The van der Waals surface area contributed by atoms with Crippen LogP contribution in [0.4, 0.5) is 8.78 Å². The minimum Gasteiger partial charge on any atom is -0.393 e. The molecule has 3 nitrogen and oxygen atoms in total. The number of amides is 1. The molecule has 1 saturated carbocycles. The minimum absolute atomic E-state index is 0.0971. The molecule has 0 aromatic heterocycles. The Balaban J connectivity index is 1.79. The van der Waals surface area contributed by atoms with Crippen LogP contribution >= 0.6 is 11.8 Å². The lowest BCUT2D eigenvalue weighted by Gasteiger charge is -2.34. The standard InChI is InChI=1S/C14H17F2NO2S/c1-17(7-9-4-11(18)5-9)14(19)8-20-13-3-2-10(15)6-12(13)16/h2-3,6,9,11,18H,4-5,7-8H2,1H3. The fourth-order valence-corrected chi connectivity index (χ4v) is 3.04. The summed E-state index contributed by atoms with van der Waals surface area (Å²) < 4.78 is 26.2. The number of nitrogens with zero attached hydrogens (tertiary/aromatic N) is 1. The zero-order valence-electron chi connectivity index (χ0n) is 11.2. The summed E-state index contributed by atoms with van der Waals surface area (Å²) in [5.41, 5.74) is 0. The Morgan fingerprint density at radius 3 is 2.75 bits per heavy atom. The molecule has 1 amide bonds. The highest BCUT2D eigenvalue weighted by atomic mass is 32.2. The summed E-state index contributed by atoms with van der Waals surface area (Å²) in [4.78, 5) is 13.8. The van der Waals surface area contributed by atoms with Crippen molar-refractivity contribution in [3.8, 4) is 0 Å². The molecule has 0 radical (unpaired) electrons. The fourth-order valence-electron chi connectivity index (χ4n) is 2.18. The molecule has 1 fully saturated rings. The summed E-state index contributed by atoms with van der Waals surface area (Å²) in [7, 11) is 1.70. The lowest BCUT2D eigenvalue weighted by Crippen LogP contribution is -2.40. The van der Waals surface area contributed by atoms with E-state index in [0.717, 1.165) is 30.7 Å². The van der Waals surface area contributed by atoms with Crippen molar-refractivity contribution in [1.29, 1.82) is 0 Å². The van der Waals surface area contributed by atoms with Gasteiger partial charge in [-0.2, -0.15) is 0 Å². The molecular weight excluding hydrogens is 284 g/mol. The molecule has 1 aromatic rings. The topological polar surface area (TPSA) is 40.5 Å². The molecule has 6 heteroatoms. The van der Waals surface area contributed by atoms with E-state index in [-0.39, 0.29) is 22.7 Å². The Hall–Kier alpha value is -1.14. The molecule has 0 saturated heterocycles. The van der Waals surface area contributed by atoms with E-state index in [1.165, 1.54) is 12.1 Å². The van der Waals surface area contributed by atoms with Gasteiger partial charge >= 0.3 is 0 Å². The van der Waals surface area contributed by atoms with Crippen molar-refractivity contribution < 1.29 is 18.7 Å². The molecular formula is C14H17F2NO2S. The van der Waals surface area contributed by atoms with Crippen LogP contribution in [0.3, 0.4) is 0 Å². The first kappa shape index (κ1) is 15.3. The summed E-state index contributed by atoms with van der Waals surface area (Å²) in [5, 5.41) is 9.19. The number of thioether (sulfide) groups is 1. The van der Waals surface area contributed by atoms with Gasteiger partial charge in [-0.1, -0.05) is 0 Å². The first-order chi connectivity index (χ1) is 9.45. The van der Waals surface area contributed by atoms with E-state index >= 15 is 0 Å². The van der Waals surface area contributed by atoms with Gasteiger partial charge < -0.3 is 10.0 Å². The van der Waals surface area contributed by atoms with E-state index in [2.05, 4.69) is 0 Å². The minimum atomic E-state index is -0.646. The SMILES string of the molecule is CN(CC1CC(O)C1)C(=O)CSc1ccc(F)cc1F. The lowest BCUT2D eigenvalue weighted by atomic mass is 9.82. The summed E-state index contributed by atoms with van der Waals surface area (Å²) in [6, 6.07) is 3.33. The average Bonchev–Trinajstić information content (AvgIpc) is 2.35. The van der Waals surface area contributed by atoms with Crippen LogP contribution in [0, 0.1) is 17.6 Å². The molecule has 20 heavy (non-hydrogen) atoms. The Bertz CT molecular complexity index is 492. The van der Waals surface area contributed by atoms with Crippen molar-refractivity contribution in [2.45, 2.75) is 23.8 Å². The number of halogens is 2. The monoisotopic (exact) mass is 301 g/mol. The zero-order chi connectivity index (χ0) is 14.7. The quantitative estimate of drug-likeness (QED) is 0.848. The number of aliphatic hydroxyl groups excluding tert-OH is 1. The van der Waals surface area contributed by atoms with Crippen LogP contribution in [0.15, 0.2) is 23.1 Å². The van der Waals surface area contributed by atoms with Crippen molar-refractivity contribution in [3.63, 3.8) is 0 Å². The Morgan fingerprint density at radius 2 is 2.15 bits per heavy atom. The van der Waals surface area contributed by atoms with Crippen LogP contribution in [0.1, 0.15) is 12.8 Å². The van der Waals surface area contributed by atoms with Gasteiger partial charge in [-0.05, 0) is 30.9 Å². The molecule has 1 aliphatic rings. The van der Waals surface area contributed by atoms with Crippen molar-refractivity contribution in [3.05, 3.63) is 29.8 Å². The maximum Gasteiger partial charge on any atom is 0.232 e. The van der Waals surface area contributed by atoms with E-state index in [4.69, 9.17) is 0 Å². The molecule has 0 atom stereocenters. The largest absolute Gasteiger partial charge is 0.393 e. The van der Waals surface area contributed by atoms with Crippen molar-refractivity contribution in [2.75, 3.05) is 19.3 Å².